The molecule has 2 rings (SSSR count). The molecule has 0 saturated heterocycles. The van der Waals surface area contributed by atoms with Gasteiger partial charge >= 0.3 is 5.97 Å². The molecule has 0 unspecified atom stereocenters. The van der Waals surface area contributed by atoms with Crippen molar-refractivity contribution >= 4 is 35.2 Å². The average molecular weight is 327 g/mol. The molecule has 5 nitrogen and oxygen atoms in total. The molecular formula is C17H17N3O2S. The second kappa shape index (κ2) is 7.51. The van der Waals surface area contributed by atoms with Crippen molar-refractivity contribution in [3.8, 4) is 0 Å². The second-order valence-electron chi connectivity index (χ2n) is 5.07. The van der Waals surface area contributed by atoms with Gasteiger partial charge in [-0.3, -0.25) is 5.43 Å². The highest BCUT2D eigenvalue weighted by atomic mass is 32.1. The van der Waals surface area contributed by atoms with Gasteiger partial charge in [0.25, 0.3) is 0 Å². The van der Waals surface area contributed by atoms with Gasteiger partial charge in [-0.15, -0.1) is 0 Å². The molecule has 0 aliphatic rings. The zero-order valence-electron chi connectivity index (χ0n) is 12.8. The third-order valence-corrected chi connectivity index (χ3v) is 3.37. The van der Waals surface area contributed by atoms with E-state index in [1.54, 1.807) is 18.3 Å². The lowest BCUT2D eigenvalue weighted by Crippen LogP contribution is -2.24. The van der Waals surface area contributed by atoms with Crippen LogP contribution in [0.4, 0.5) is 5.69 Å². The molecular weight excluding hydrogens is 310 g/mol. The van der Waals surface area contributed by atoms with Crippen LogP contribution >= 0.6 is 12.2 Å². The Bertz CT molecular complexity index is 755. The van der Waals surface area contributed by atoms with Gasteiger partial charge in [0.2, 0.25) is 0 Å². The summed E-state index contributed by atoms with van der Waals surface area (Å²) in [7, 11) is 0. The van der Waals surface area contributed by atoms with Gasteiger partial charge < -0.3 is 10.4 Å². The van der Waals surface area contributed by atoms with Gasteiger partial charge in [0.15, 0.2) is 5.11 Å². The summed E-state index contributed by atoms with van der Waals surface area (Å²) in [5.74, 6) is -0.953. The summed E-state index contributed by atoms with van der Waals surface area (Å²) in [5.41, 5.74) is 6.92. The van der Waals surface area contributed by atoms with E-state index in [1.165, 1.54) is 12.1 Å². The van der Waals surface area contributed by atoms with Crippen LogP contribution in [0.15, 0.2) is 47.6 Å². The largest absolute Gasteiger partial charge is 0.478 e. The van der Waals surface area contributed by atoms with Gasteiger partial charge in [-0.05, 0) is 61.0 Å². The van der Waals surface area contributed by atoms with Crippen LogP contribution in [-0.2, 0) is 0 Å². The number of anilines is 1. The molecule has 0 saturated carbocycles. The Balaban J connectivity index is 1.93. The van der Waals surface area contributed by atoms with Crippen molar-refractivity contribution in [2.75, 3.05) is 5.32 Å². The van der Waals surface area contributed by atoms with E-state index in [1.807, 2.05) is 32.0 Å². The fraction of sp³-hybridized carbons (Fsp3) is 0.118. The normalized spacial score (nSPS) is 10.5. The Labute approximate surface area is 140 Å². The van der Waals surface area contributed by atoms with Crippen LogP contribution in [-0.4, -0.2) is 22.4 Å². The first kappa shape index (κ1) is 16.6. The van der Waals surface area contributed by atoms with E-state index < -0.39 is 5.97 Å². The zero-order valence-corrected chi connectivity index (χ0v) is 13.6. The Morgan fingerprint density at radius 2 is 1.87 bits per heavy atom. The highest BCUT2D eigenvalue weighted by Gasteiger charge is 2.02. The lowest BCUT2D eigenvalue weighted by molar-refractivity contribution is 0.0697. The van der Waals surface area contributed by atoms with Crippen molar-refractivity contribution < 1.29 is 9.90 Å². The third kappa shape index (κ3) is 4.89. The molecule has 0 fully saturated rings. The van der Waals surface area contributed by atoms with Gasteiger partial charge in [-0.2, -0.15) is 5.10 Å². The van der Waals surface area contributed by atoms with E-state index in [2.05, 4.69) is 15.8 Å². The first-order chi connectivity index (χ1) is 11.0. The molecule has 0 aromatic heterocycles. The number of hydrogen-bond donors (Lipinski definition) is 3. The molecule has 2 aromatic rings. The number of hydrogen-bond acceptors (Lipinski definition) is 3. The summed E-state index contributed by atoms with van der Waals surface area (Å²) >= 11 is 5.20. The van der Waals surface area contributed by atoms with E-state index in [0.717, 1.165) is 22.4 Å². The minimum Gasteiger partial charge on any atom is -0.478 e. The maximum absolute atomic E-state index is 10.8. The number of carboxylic acid groups (broad SMARTS) is 1. The minimum absolute atomic E-state index is 0.238. The van der Waals surface area contributed by atoms with Gasteiger partial charge in [-0.25, -0.2) is 4.79 Å². The molecule has 0 heterocycles. The molecule has 0 aliphatic carbocycles. The molecule has 0 spiro atoms. The number of carbonyl (C=O) groups is 1. The Morgan fingerprint density at radius 3 is 2.52 bits per heavy atom. The number of aryl methyl sites for hydroxylation is 2. The average Bonchev–Trinajstić information content (AvgIpc) is 2.51. The fourth-order valence-electron chi connectivity index (χ4n) is 1.90. The molecule has 0 aliphatic heterocycles. The standard InChI is InChI=1S/C17H17N3O2S/c1-11-3-4-12(2)15(9-11)19-17(23)20-18-10-13-5-7-14(8-6-13)16(21)22/h3-10H,1-2H3,(H,21,22)(H2,19,20,23). The van der Waals surface area contributed by atoms with Crippen molar-refractivity contribution in [1.82, 2.24) is 5.43 Å². The number of aromatic carboxylic acids is 1. The zero-order chi connectivity index (χ0) is 16.8. The van der Waals surface area contributed by atoms with Crippen LogP contribution < -0.4 is 10.7 Å². The van der Waals surface area contributed by atoms with Crippen molar-refractivity contribution in [1.29, 1.82) is 0 Å². The number of benzene rings is 2. The highest BCUT2D eigenvalue weighted by molar-refractivity contribution is 7.80. The smallest absolute Gasteiger partial charge is 0.335 e. The lowest BCUT2D eigenvalue weighted by Gasteiger charge is -2.10. The van der Waals surface area contributed by atoms with Crippen LogP contribution in [0.25, 0.3) is 0 Å². The van der Waals surface area contributed by atoms with E-state index in [0.29, 0.717) is 5.11 Å². The van der Waals surface area contributed by atoms with E-state index in [4.69, 9.17) is 17.3 Å². The van der Waals surface area contributed by atoms with Gasteiger partial charge in [0, 0.05) is 5.69 Å². The lowest BCUT2D eigenvalue weighted by atomic mass is 10.1. The molecule has 0 amide bonds. The monoisotopic (exact) mass is 327 g/mol. The van der Waals surface area contributed by atoms with Crippen molar-refractivity contribution in [3.63, 3.8) is 0 Å². The number of thiocarbonyl (C=S) groups is 1. The molecule has 118 valence electrons. The van der Waals surface area contributed by atoms with E-state index >= 15 is 0 Å². The first-order valence-corrected chi connectivity index (χ1v) is 7.37. The summed E-state index contributed by atoms with van der Waals surface area (Å²) in [6.07, 6.45) is 1.57. The van der Waals surface area contributed by atoms with Crippen LogP contribution in [0.5, 0.6) is 0 Å². The number of rotatable bonds is 4. The topological polar surface area (TPSA) is 73.7 Å². The number of nitrogens with zero attached hydrogens (tertiary/aromatic N) is 1. The quantitative estimate of drug-likeness (QED) is 0.456. The molecule has 0 bridgehead atoms. The number of hydrazone groups is 1. The summed E-state index contributed by atoms with van der Waals surface area (Å²) in [6.45, 7) is 4.01. The van der Waals surface area contributed by atoms with Crippen LogP contribution in [0, 0.1) is 13.8 Å². The number of carboxylic acids is 1. The van der Waals surface area contributed by atoms with Crippen molar-refractivity contribution in [2.45, 2.75) is 13.8 Å². The molecule has 23 heavy (non-hydrogen) atoms. The molecule has 3 N–H and O–H groups in total. The minimum atomic E-state index is -0.953. The molecule has 6 heteroatoms. The van der Waals surface area contributed by atoms with Gasteiger partial charge in [0.05, 0.1) is 11.8 Å². The molecule has 0 atom stereocenters. The summed E-state index contributed by atoms with van der Waals surface area (Å²) in [5, 5.41) is 16.3. The van der Waals surface area contributed by atoms with Crippen molar-refractivity contribution in [3.05, 3.63) is 64.7 Å². The Kier molecular flexibility index (Phi) is 5.43. The Hall–Kier alpha value is -2.73. The van der Waals surface area contributed by atoms with Crippen molar-refractivity contribution in [2.24, 2.45) is 5.10 Å². The SMILES string of the molecule is Cc1ccc(C)c(NC(=S)NN=Cc2ccc(C(=O)O)cc2)c1. The molecule has 0 radical (unpaired) electrons. The second-order valence-corrected chi connectivity index (χ2v) is 5.48. The maximum Gasteiger partial charge on any atom is 0.335 e. The predicted octanol–water partition coefficient (Wildman–Crippen LogP) is 3.32. The predicted molar refractivity (Wildman–Crippen MR) is 96.3 cm³/mol. The first-order valence-electron chi connectivity index (χ1n) is 6.96. The highest BCUT2D eigenvalue weighted by Crippen LogP contribution is 2.16. The van der Waals surface area contributed by atoms with E-state index in [9.17, 15) is 4.79 Å². The van der Waals surface area contributed by atoms with Crippen LogP contribution in [0.2, 0.25) is 0 Å². The number of nitrogens with one attached hydrogen (secondary N) is 2. The summed E-state index contributed by atoms with van der Waals surface area (Å²) in [6, 6.07) is 12.5. The molecule has 2 aromatic carbocycles. The summed E-state index contributed by atoms with van der Waals surface area (Å²) in [4.78, 5) is 10.8. The summed E-state index contributed by atoms with van der Waals surface area (Å²) < 4.78 is 0. The maximum atomic E-state index is 10.8. The van der Waals surface area contributed by atoms with Crippen LogP contribution in [0.3, 0.4) is 0 Å². The Morgan fingerprint density at radius 1 is 1.17 bits per heavy atom. The van der Waals surface area contributed by atoms with Gasteiger partial charge in [-0.1, -0.05) is 24.3 Å². The third-order valence-electron chi connectivity index (χ3n) is 3.18. The van der Waals surface area contributed by atoms with E-state index in [-0.39, 0.29) is 5.56 Å². The van der Waals surface area contributed by atoms with Crippen LogP contribution in [0.1, 0.15) is 27.0 Å². The van der Waals surface area contributed by atoms with Gasteiger partial charge in [0.1, 0.15) is 0 Å². The fourth-order valence-corrected chi connectivity index (χ4v) is 2.06.